The Balaban J connectivity index is 2.57. The zero-order valence-electron chi connectivity index (χ0n) is 10.9. The molecule has 110 valence electrons. The van der Waals surface area contributed by atoms with Crippen LogP contribution in [0, 0.1) is 11.6 Å². The van der Waals surface area contributed by atoms with Gasteiger partial charge in [-0.2, -0.15) is 0 Å². The fourth-order valence-corrected chi connectivity index (χ4v) is 2.25. The van der Waals surface area contributed by atoms with Crippen molar-refractivity contribution in [1.82, 2.24) is 5.32 Å². The van der Waals surface area contributed by atoms with E-state index < -0.39 is 11.6 Å². The van der Waals surface area contributed by atoms with Gasteiger partial charge in [-0.1, -0.05) is 19.8 Å². The van der Waals surface area contributed by atoms with Gasteiger partial charge in [0.05, 0.1) is 5.69 Å². The van der Waals surface area contributed by atoms with Gasteiger partial charge in [0, 0.05) is 17.0 Å². The van der Waals surface area contributed by atoms with Crippen LogP contribution in [0.2, 0.25) is 0 Å². The van der Waals surface area contributed by atoms with Crippen molar-refractivity contribution in [3.63, 3.8) is 0 Å². The molecular weight excluding hydrogens is 350 g/mol. The Morgan fingerprint density at radius 1 is 1.35 bits per heavy atom. The van der Waals surface area contributed by atoms with Crippen molar-refractivity contribution in [3.8, 4) is 0 Å². The van der Waals surface area contributed by atoms with Crippen LogP contribution in [0.3, 0.4) is 0 Å². The standard InChI is InChI=1S/C13H15BrF2N2OS/c1-2-3-4-5-11(19)17-13(20)18-12-9(14)6-8(15)7-10(12)16/h6-7H,2-5H2,1H3,(H2,17,18,19,20). The number of nitrogens with one attached hydrogen (secondary N) is 2. The Morgan fingerprint density at radius 3 is 2.65 bits per heavy atom. The second kappa shape index (κ2) is 8.26. The predicted octanol–water partition coefficient (Wildman–Crippen LogP) is 4.12. The van der Waals surface area contributed by atoms with Gasteiger partial charge in [-0.3, -0.25) is 4.79 Å². The van der Waals surface area contributed by atoms with Crippen LogP contribution in [0.5, 0.6) is 0 Å². The number of hydrogen-bond donors (Lipinski definition) is 2. The van der Waals surface area contributed by atoms with E-state index in [2.05, 4.69) is 26.6 Å². The number of carbonyl (C=O) groups is 1. The molecule has 0 radical (unpaired) electrons. The summed E-state index contributed by atoms with van der Waals surface area (Å²) in [6.07, 6.45) is 3.12. The predicted molar refractivity (Wildman–Crippen MR) is 82.6 cm³/mol. The molecule has 0 atom stereocenters. The molecule has 0 saturated carbocycles. The third kappa shape index (κ3) is 5.50. The summed E-state index contributed by atoms with van der Waals surface area (Å²) in [6.45, 7) is 2.04. The number of unbranched alkanes of at least 4 members (excludes halogenated alkanes) is 2. The molecule has 2 N–H and O–H groups in total. The van der Waals surface area contributed by atoms with Crippen LogP contribution in [0.4, 0.5) is 14.5 Å². The van der Waals surface area contributed by atoms with Gasteiger partial charge in [0.2, 0.25) is 5.91 Å². The van der Waals surface area contributed by atoms with Gasteiger partial charge in [0.15, 0.2) is 10.9 Å². The summed E-state index contributed by atoms with van der Waals surface area (Å²) >= 11 is 7.95. The highest BCUT2D eigenvalue weighted by molar-refractivity contribution is 9.10. The molecule has 0 aliphatic heterocycles. The minimum Gasteiger partial charge on any atom is -0.329 e. The van der Waals surface area contributed by atoms with E-state index in [-0.39, 0.29) is 21.2 Å². The minimum atomic E-state index is -0.792. The van der Waals surface area contributed by atoms with Crippen molar-refractivity contribution >= 4 is 44.9 Å². The molecule has 1 rings (SSSR count). The molecule has 0 heterocycles. The fraction of sp³-hybridized carbons (Fsp3) is 0.385. The molecule has 0 fully saturated rings. The van der Waals surface area contributed by atoms with Crippen molar-refractivity contribution < 1.29 is 13.6 Å². The molecule has 0 aliphatic carbocycles. The summed E-state index contributed by atoms with van der Waals surface area (Å²) in [4.78, 5) is 11.5. The van der Waals surface area contributed by atoms with Crippen LogP contribution in [0.1, 0.15) is 32.6 Å². The number of hydrogen-bond acceptors (Lipinski definition) is 2. The van der Waals surface area contributed by atoms with Gasteiger partial charge in [-0.15, -0.1) is 0 Å². The third-order valence-electron chi connectivity index (χ3n) is 2.51. The summed E-state index contributed by atoms with van der Waals surface area (Å²) < 4.78 is 26.7. The molecule has 0 bridgehead atoms. The Bertz CT molecular complexity index is 488. The summed E-state index contributed by atoms with van der Waals surface area (Å²) in [5.41, 5.74) is -0.00902. The molecular formula is C13H15BrF2N2OS. The number of anilines is 1. The molecule has 1 amide bonds. The highest BCUT2D eigenvalue weighted by Gasteiger charge is 2.12. The lowest BCUT2D eigenvalue weighted by molar-refractivity contribution is -0.119. The van der Waals surface area contributed by atoms with Crippen molar-refractivity contribution in [2.75, 3.05) is 5.32 Å². The van der Waals surface area contributed by atoms with Gasteiger partial charge >= 0.3 is 0 Å². The van der Waals surface area contributed by atoms with Gasteiger partial charge in [0.1, 0.15) is 5.82 Å². The van der Waals surface area contributed by atoms with Crippen LogP contribution in [0.15, 0.2) is 16.6 Å². The Hall–Kier alpha value is -1.08. The van der Waals surface area contributed by atoms with E-state index in [1.165, 1.54) is 0 Å². The van der Waals surface area contributed by atoms with Gasteiger partial charge in [-0.25, -0.2) is 8.78 Å². The molecule has 7 heteroatoms. The maximum Gasteiger partial charge on any atom is 0.226 e. The van der Waals surface area contributed by atoms with E-state index in [4.69, 9.17) is 12.2 Å². The van der Waals surface area contributed by atoms with E-state index in [1.54, 1.807) is 0 Å². The van der Waals surface area contributed by atoms with E-state index >= 15 is 0 Å². The van der Waals surface area contributed by atoms with E-state index in [0.29, 0.717) is 6.42 Å². The van der Waals surface area contributed by atoms with Crippen molar-refractivity contribution in [2.45, 2.75) is 32.6 Å². The second-order valence-electron chi connectivity index (χ2n) is 4.20. The lowest BCUT2D eigenvalue weighted by Gasteiger charge is -2.12. The zero-order chi connectivity index (χ0) is 15.1. The lowest BCUT2D eigenvalue weighted by atomic mass is 10.2. The SMILES string of the molecule is CCCCCC(=O)NC(=S)Nc1c(F)cc(F)cc1Br. The molecule has 20 heavy (non-hydrogen) atoms. The normalized spacial score (nSPS) is 10.2. The molecule has 1 aromatic carbocycles. The van der Waals surface area contributed by atoms with Gasteiger partial charge in [0.25, 0.3) is 0 Å². The minimum absolute atomic E-state index is 0.00902. The first-order chi connectivity index (χ1) is 9.43. The highest BCUT2D eigenvalue weighted by Crippen LogP contribution is 2.26. The lowest BCUT2D eigenvalue weighted by Crippen LogP contribution is -2.34. The molecule has 0 aromatic heterocycles. The quantitative estimate of drug-likeness (QED) is 0.609. The van der Waals surface area contributed by atoms with Crippen molar-refractivity contribution in [1.29, 1.82) is 0 Å². The average Bonchev–Trinajstić information content (AvgIpc) is 2.34. The third-order valence-corrected chi connectivity index (χ3v) is 3.34. The smallest absolute Gasteiger partial charge is 0.226 e. The van der Waals surface area contributed by atoms with Crippen LogP contribution in [-0.4, -0.2) is 11.0 Å². The number of rotatable bonds is 5. The Labute approximate surface area is 130 Å². The number of thiocarbonyl (C=S) groups is 1. The Morgan fingerprint density at radius 2 is 2.05 bits per heavy atom. The highest BCUT2D eigenvalue weighted by atomic mass is 79.9. The first-order valence-electron chi connectivity index (χ1n) is 6.19. The van der Waals surface area contributed by atoms with Crippen LogP contribution >= 0.6 is 28.1 Å². The summed E-state index contributed by atoms with van der Waals surface area (Å²) in [5.74, 6) is -1.72. The first-order valence-corrected chi connectivity index (χ1v) is 7.39. The molecule has 0 spiro atoms. The number of amides is 1. The van der Waals surface area contributed by atoms with Crippen LogP contribution in [-0.2, 0) is 4.79 Å². The van der Waals surface area contributed by atoms with Crippen molar-refractivity contribution in [2.24, 2.45) is 0 Å². The van der Waals surface area contributed by atoms with E-state index in [0.717, 1.165) is 31.4 Å². The monoisotopic (exact) mass is 364 g/mol. The number of benzene rings is 1. The summed E-state index contributed by atoms with van der Waals surface area (Å²) in [6, 6.07) is 1.84. The van der Waals surface area contributed by atoms with E-state index in [1.807, 2.05) is 6.92 Å². The largest absolute Gasteiger partial charge is 0.329 e. The second-order valence-corrected chi connectivity index (χ2v) is 5.47. The summed E-state index contributed by atoms with van der Waals surface area (Å²) in [5, 5.41) is 4.98. The topological polar surface area (TPSA) is 41.1 Å². The molecule has 0 saturated heterocycles. The maximum atomic E-state index is 13.6. The van der Waals surface area contributed by atoms with Crippen LogP contribution in [0.25, 0.3) is 0 Å². The van der Waals surface area contributed by atoms with Crippen molar-refractivity contribution in [3.05, 3.63) is 28.2 Å². The first kappa shape index (κ1) is 17.0. The summed E-state index contributed by atoms with van der Waals surface area (Å²) in [7, 11) is 0. The number of halogens is 3. The number of carbonyl (C=O) groups excluding carboxylic acids is 1. The molecule has 3 nitrogen and oxygen atoms in total. The molecule has 0 unspecified atom stereocenters. The zero-order valence-corrected chi connectivity index (χ0v) is 13.3. The van der Waals surface area contributed by atoms with Crippen LogP contribution < -0.4 is 10.6 Å². The molecule has 0 aliphatic rings. The van der Waals surface area contributed by atoms with Gasteiger partial charge in [-0.05, 0) is 40.6 Å². The van der Waals surface area contributed by atoms with E-state index in [9.17, 15) is 13.6 Å². The fourth-order valence-electron chi connectivity index (χ4n) is 1.53. The Kier molecular flexibility index (Phi) is 7.01. The molecule has 1 aromatic rings. The average molecular weight is 365 g/mol. The maximum absolute atomic E-state index is 13.6. The van der Waals surface area contributed by atoms with Gasteiger partial charge < -0.3 is 10.6 Å².